The van der Waals surface area contributed by atoms with Gasteiger partial charge >= 0.3 is 0 Å². The number of amides is 2. The van der Waals surface area contributed by atoms with E-state index in [1.54, 1.807) is 25.3 Å². The lowest BCUT2D eigenvalue weighted by Gasteiger charge is -2.20. The predicted molar refractivity (Wildman–Crippen MR) is 137 cm³/mol. The van der Waals surface area contributed by atoms with Crippen LogP contribution in [0.2, 0.25) is 0 Å². The van der Waals surface area contributed by atoms with E-state index in [9.17, 15) is 9.59 Å². The topological polar surface area (TPSA) is 129 Å². The zero-order chi connectivity index (χ0) is 25.4. The number of nitrogens with one attached hydrogen (secondary N) is 3. The van der Waals surface area contributed by atoms with Crippen molar-refractivity contribution in [3.05, 3.63) is 53.3 Å². The maximum Gasteiger partial charge on any atom is 0.257 e. The first-order valence-corrected chi connectivity index (χ1v) is 12.0. The van der Waals surface area contributed by atoms with E-state index in [-0.39, 0.29) is 11.8 Å². The second-order valence-corrected chi connectivity index (χ2v) is 9.36. The molecule has 0 aromatic carbocycles. The van der Waals surface area contributed by atoms with Crippen LogP contribution in [0.1, 0.15) is 47.3 Å². The summed E-state index contributed by atoms with van der Waals surface area (Å²) in [6.07, 6.45) is 5.35. The van der Waals surface area contributed by atoms with Gasteiger partial charge in [0.2, 0.25) is 5.91 Å². The van der Waals surface area contributed by atoms with Crippen molar-refractivity contribution in [1.82, 2.24) is 25.0 Å². The average Bonchev–Trinajstić information content (AvgIpc) is 3.53. The maximum atomic E-state index is 13.0. The number of likely N-dealkylation sites (tertiary alicyclic amines) is 1. The van der Waals surface area contributed by atoms with Gasteiger partial charge in [-0.2, -0.15) is 0 Å². The van der Waals surface area contributed by atoms with E-state index >= 15 is 0 Å². The third-order valence-corrected chi connectivity index (χ3v) is 6.69. The van der Waals surface area contributed by atoms with Crippen LogP contribution < -0.4 is 10.6 Å². The summed E-state index contributed by atoms with van der Waals surface area (Å²) in [6, 6.07) is 5.84. The number of hydrogen-bond acceptors (Lipinski definition) is 7. The molecule has 4 aromatic rings. The first-order chi connectivity index (χ1) is 17.3. The lowest BCUT2D eigenvalue weighted by Crippen LogP contribution is -2.35. The van der Waals surface area contributed by atoms with Crippen LogP contribution in [-0.2, 0) is 4.79 Å². The van der Waals surface area contributed by atoms with E-state index in [4.69, 9.17) is 4.52 Å². The second kappa shape index (κ2) is 9.54. The van der Waals surface area contributed by atoms with Crippen LogP contribution >= 0.6 is 0 Å². The highest BCUT2D eigenvalue weighted by Crippen LogP contribution is 2.29. The molecule has 4 aromatic heterocycles. The molecular formula is C26H29N7O3. The molecule has 3 N–H and O–H groups in total. The molecule has 2 amide bonds. The molecular weight excluding hydrogens is 458 g/mol. The average molecular weight is 488 g/mol. The van der Waals surface area contributed by atoms with Crippen molar-refractivity contribution >= 4 is 34.2 Å². The van der Waals surface area contributed by atoms with Gasteiger partial charge < -0.3 is 20.1 Å². The maximum absolute atomic E-state index is 13.0. The quantitative estimate of drug-likeness (QED) is 0.371. The molecule has 1 fully saturated rings. The number of nitrogens with zero attached hydrogens (tertiary/aromatic N) is 4. The molecule has 10 nitrogen and oxygen atoms in total. The molecule has 0 saturated carbocycles. The van der Waals surface area contributed by atoms with Gasteiger partial charge in [-0.15, -0.1) is 0 Å². The Balaban J connectivity index is 1.31. The minimum absolute atomic E-state index is 0.0945. The van der Waals surface area contributed by atoms with Crippen molar-refractivity contribution in [2.75, 3.05) is 23.7 Å². The summed E-state index contributed by atoms with van der Waals surface area (Å²) in [5.41, 5.74) is 5.28. The van der Waals surface area contributed by atoms with Crippen LogP contribution in [0.25, 0.3) is 22.3 Å². The molecule has 1 aliphatic heterocycles. The molecule has 5 heterocycles. The fourth-order valence-electron chi connectivity index (χ4n) is 4.68. The largest absolute Gasteiger partial charge is 0.361 e. The molecule has 10 heteroatoms. The van der Waals surface area contributed by atoms with Gasteiger partial charge in [-0.1, -0.05) is 5.16 Å². The normalized spacial score (nSPS) is 15.9. The second-order valence-electron chi connectivity index (χ2n) is 9.36. The number of rotatable bonds is 6. The molecule has 1 aliphatic rings. The van der Waals surface area contributed by atoms with Crippen LogP contribution in [-0.4, -0.2) is 56.0 Å². The lowest BCUT2D eigenvalue weighted by atomic mass is 10.1. The van der Waals surface area contributed by atoms with E-state index in [1.165, 1.54) is 6.20 Å². The molecule has 0 radical (unpaired) electrons. The zero-order valence-electron chi connectivity index (χ0n) is 20.8. The van der Waals surface area contributed by atoms with Crippen molar-refractivity contribution in [1.29, 1.82) is 0 Å². The summed E-state index contributed by atoms with van der Waals surface area (Å²) in [5, 5.41) is 10.6. The van der Waals surface area contributed by atoms with Crippen LogP contribution in [0.4, 0.5) is 11.4 Å². The van der Waals surface area contributed by atoms with Crippen molar-refractivity contribution in [2.24, 2.45) is 0 Å². The van der Waals surface area contributed by atoms with Crippen molar-refractivity contribution < 1.29 is 14.1 Å². The van der Waals surface area contributed by atoms with Gasteiger partial charge in [0, 0.05) is 17.6 Å². The highest BCUT2D eigenvalue weighted by molar-refractivity contribution is 6.06. The Morgan fingerprint density at radius 1 is 1.11 bits per heavy atom. The first-order valence-electron chi connectivity index (χ1n) is 12.0. The molecule has 1 saturated heterocycles. The minimum Gasteiger partial charge on any atom is -0.361 e. The van der Waals surface area contributed by atoms with Crippen LogP contribution in [0.3, 0.4) is 0 Å². The number of fused-ring (bicyclic) bond motifs is 1. The molecule has 1 atom stereocenters. The van der Waals surface area contributed by atoms with Gasteiger partial charge in [-0.05, 0) is 65.3 Å². The fourth-order valence-corrected chi connectivity index (χ4v) is 4.68. The third-order valence-electron chi connectivity index (χ3n) is 6.69. The highest BCUT2D eigenvalue weighted by atomic mass is 16.5. The molecule has 0 aliphatic carbocycles. The van der Waals surface area contributed by atoms with Crippen LogP contribution in [0.5, 0.6) is 0 Å². The number of H-pyrrole nitrogens is 1. The van der Waals surface area contributed by atoms with Gasteiger partial charge in [0.1, 0.15) is 11.4 Å². The smallest absolute Gasteiger partial charge is 0.257 e. The summed E-state index contributed by atoms with van der Waals surface area (Å²) >= 11 is 0. The zero-order valence-corrected chi connectivity index (χ0v) is 20.8. The Kier molecular flexibility index (Phi) is 6.27. The number of anilines is 2. The number of carbonyl (C=O) groups excluding carboxylic acids is 2. The van der Waals surface area contributed by atoms with E-state index in [2.05, 4.69) is 42.6 Å². The molecule has 5 rings (SSSR count). The van der Waals surface area contributed by atoms with Gasteiger partial charge in [0.15, 0.2) is 0 Å². The first kappa shape index (κ1) is 23.7. The van der Waals surface area contributed by atoms with Gasteiger partial charge in [-0.25, -0.2) is 4.98 Å². The lowest BCUT2D eigenvalue weighted by molar-refractivity contribution is -0.117. The number of pyridine rings is 2. The standard InChI is InChI=1S/C26H29N7O3/c1-14-6-5-7-33(14)13-23(34)29-20-10-21(15(2)27-12-20)31-26(35)19-8-18-9-22(30-25(18)28-11-19)24-16(3)32-36-17(24)4/h8-12,14H,5-7,13H2,1-4H3,(H,28,30)(H,29,34)(H,31,35)/t14-/m0/s1. The highest BCUT2D eigenvalue weighted by Gasteiger charge is 2.22. The Morgan fingerprint density at radius 2 is 1.94 bits per heavy atom. The molecule has 0 bridgehead atoms. The van der Waals surface area contributed by atoms with Crippen LogP contribution in [0, 0.1) is 20.8 Å². The summed E-state index contributed by atoms with van der Waals surface area (Å²) < 4.78 is 5.27. The van der Waals surface area contributed by atoms with Gasteiger partial charge in [0.25, 0.3) is 5.91 Å². The minimum atomic E-state index is -0.316. The van der Waals surface area contributed by atoms with E-state index in [0.717, 1.165) is 41.7 Å². The monoisotopic (exact) mass is 487 g/mol. The number of aromatic amines is 1. The predicted octanol–water partition coefficient (Wildman–Crippen LogP) is 4.21. The van der Waals surface area contributed by atoms with E-state index in [0.29, 0.717) is 46.6 Å². The van der Waals surface area contributed by atoms with Gasteiger partial charge in [0.05, 0.1) is 52.3 Å². The molecule has 0 unspecified atom stereocenters. The SMILES string of the molecule is Cc1ncc(NC(=O)CN2CCC[C@@H]2C)cc1NC(=O)c1cnc2[nH]c(-c3c(C)noc3C)cc2c1. The summed E-state index contributed by atoms with van der Waals surface area (Å²) in [7, 11) is 0. The van der Waals surface area contributed by atoms with Crippen LogP contribution in [0.15, 0.2) is 35.1 Å². The Morgan fingerprint density at radius 3 is 2.67 bits per heavy atom. The van der Waals surface area contributed by atoms with Gasteiger partial charge in [-0.3, -0.25) is 19.5 Å². The van der Waals surface area contributed by atoms with Crippen molar-refractivity contribution in [3.63, 3.8) is 0 Å². The number of aromatic nitrogens is 4. The number of hydrogen-bond donors (Lipinski definition) is 3. The van der Waals surface area contributed by atoms with E-state index < -0.39 is 0 Å². The van der Waals surface area contributed by atoms with Crippen molar-refractivity contribution in [3.8, 4) is 11.3 Å². The number of carbonyl (C=O) groups is 2. The molecule has 186 valence electrons. The molecule has 36 heavy (non-hydrogen) atoms. The summed E-state index contributed by atoms with van der Waals surface area (Å²) in [4.78, 5) is 39.8. The summed E-state index contributed by atoms with van der Waals surface area (Å²) in [6.45, 7) is 8.95. The summed E-state index contributed by atoms with van der Waals surface area (Å²) in [5.74, 6) is 0.300. The fraction of sp³-hybridized carbons (Fsp3) is 0.346. The number of aryl methyl sites for hydroxylation is 3. The third kappa shape index (κ3) is 4.72. The van der Waals surface area contributed by atoms with E-state index in [1.807, 2.05) is 19.9 Å². The Hall–Kier alpha value is -4.05. The molecule has 0 spiro atoms. The van der Waals surface area contributed by atoms with Crippen molar-refractivity contribution in [2.45, 2.75) is 46.6 Å². The Bertz CT molecular complexity index is 1440. The Labute approximate surface area is 208 Å².